The molecule has 12 rings (SSSR count). The Morgan fingerprint density at radius 1 is 0.439 bits per heavy atom. The van der Waals surface area contributed by atoms with Crippen molar-refractivity contribution in [2.75, 3.05) is 0 Å². The molecular weight excluding hydrogens is 699 g/mol. The van der Waals surface area contributed by atoms with Crippen molar-refractivity contribution < 1.29 is 18.1 Å². The van der Waals surface area contributed by atoms with Crippen LogP contribution in [0.3, 0.4) is 0 Å². The van der Waals surface area contributed by atoms with Crippen LogP contribution in [0.25, 0.3) is 111 Å². The van der Waals surface area contributed by atoms with Crippen molar-refractivity contribution >= 4 is 65.6 Å². The fourth-order valence-corrected chi connectivity index (χ4v) is 7.88. The zero-order valence-electron chi connectivity index (χ0n) is 39.8. The van der Waals surface area contributed by atoms with E-state index in [2.05, 4.69) is 6.07 Å². The number of aromatic nitrogens is 5. The second-order valence-electron chi connectivity index (χ2n) is 13.7. The first-order chi connectivity index (χ1) is 32.4. The fraction of sp³-hybridized carbons (Fsp3) is 0. The highest BCUT2D eigenvalue weighted by Crippen LogP contribution is 2.41. The van der Waals surface area contributed by atoms with Crippen LogP contribution in [0.2, 0.25) is 0 Å². The molecule has 0 fully saturated rings. The van der Waals surface area contributed by atoms with Crippen LogP contribution in [0.4, 0.5) is 0 Å². The largest absolute Gasteiger partial charge is 0.456 e. The van der Waals surface area contributed by atoms with E-state index in [1.165, 1.54) is 4.57 Å². The van der Waals surface area contributed by atoms with Crippen molar-refractivity contribution in [1.82, 2.24) is 24.1 Å². The molecule has 0 saturated carbocycles. The molecule has 0 atom stereocenters. The van der Waals surface area contributed by atoms with E-state index < -0.39 is 42.3 Å². The zero-order valence-corrected chi connectivity index (χ0v) is 29.8. The van der Waals surface area contributed by atoms with Crippen molar-refractivity contribution in [1.29, 1.82) is 0 Å². The number of hydrogen-bond donors (Lipinski definition) is 0. The minimum atomic E-state index is -0.563. The van der Waals surface area contributed by atoms with Crippen LogP contribution in [0, 0.1) is 0 Å². The molecule has 0 aliphatic carbocycles. The maximum atomic E-state index is 10.2. The van der Waals surface area contributed by atoms with Gasteiger partial charge < -0.3 is 8.98 Å². The summed E-state index contributed by atoms with van der Waals surface area (Å²) in [7, 11) is 0. The Balaban J connectivity index is 1.22. The Kier molecular flexibility index (Phi) is 5.02. The number of rotatable bonds is 5. The second-order valence-corrected chi connectivity index (χ2v) is 13.7. The van der Waals surface area contributed by atoms with E-state index in [0.29, 0.717) is 28.0 Å². The number of hydrogen-bond acceptors (Lipinski definition) is 4. The normalized spacial score (nSPS) is 14.3. The SMILES string of the molecule is [2H]c1c([2H])c([2H])c2c(c1[2H])c1c([2H])c3c4c([2H])c([2H])c([2H])c([2H])c4n(-c4nc(-c5ccccc5)nc(-c5ccc6c(c5)oc5cccc(-c7ccccc7)c56)n4)c3c([2H])c1n2-c1ccccc1. The molecule has 0 saturated heterocycles. The standard InChI is InChI=1S/C51H31N5O/c1-4-15-32(16-5-1)36-23-14-26-46-48(36)39-28-27-34(29-47(39)57-46)50-52-49(33-17-6-2-7-18-33)53-51(54-50)56-43-25-13-11-22-38(43)41-30-40-37-21-10-12-24-42(37)55(44(40)31-45(41)56)35-19-8-3-9-20-35/h1-31H/i10D,11D,12D,13D,21D,22D,24D,25D,30D,31D. The van der Waals surface area contributed by atoms with Crippen molar-refractivity contribution in [2.45, 2.75) is 0 Å². The second kappa shape index (κ2) is 12.3. The van der Waals surface area contributed by atoms with E-state index in [1.54, 1.807) is 34.9 Å². The van der Waals surface area contributed by atoms with Gasteiger partial charge in [0.05, 0.1) is 35.8 Å². The lowest BCUT2D eigenvalue weighted by Crippen LogP contribution is -2.06. The third-order valence-electron chi connectivity index (χ3n) is 10.4. The van der Waals surface area contributed by atoms with Crippen LogP contribution in [0.15, 0.2) is 192 Å². The molecule has 4 aromatic heterocycles. The Labute approximate surface area is 340 Å². The Morgan fingerprint density at radius 3 is 1.77 bits per heavy atom. The number of furan rings is 1. The van der Waals surface area contributed by atoms with Gasteiger partial charge in [0.2, 0.25) is 5.95 Å². The van der Waals surface area contributed by atoms with Gasteiger partial charge in [0, 0.05) is 49.1 Å². The van der Waals surface area contributed by atoms with Gasteiger partial charge in [-0.3, -0.25) is 4.57 Å². The average Bonchev–Trinajstić information content (AvgIpc) is 4.05. The third kappa shape index (κ3) is 4.87. The summed E-state index contributed by atoms with van der Waals surface area (Å²) in [6.45, 7) is 0. The lowest BCUT2D eigenvalue weighted by atomic mass is 9.99. The molecule has 4 heterocycles. The summed E-state index contributed by atoms with van der Waals surface area (Å²) in [4.78, 5) is 15.0. The first-order valence-corrected chi connectivity index (χ1v) is 18.3. The highest BCUT2D eigenvalue weighted by molar-refractivity contribution is 6.19. The van der Waals surface area contributed by atoms with Crippen LogP contribution in [-0.4, -0.2) is 24.1 Å². The minimum absolute atomic E-state index is 0.00216. The van der Waals surface area contributed by atoms with Gasteiger partial charge in [-0.2, -0.15) is 9.97 Å². The number of para-hydroxylation sites is 3. The van der Waals surface area contributed by atoms with Crippen LogP contribution in [0.1, 0.15) is 13.7 Å². The summed E-state index contributed by atoms with van der Waals surface area (Å²) < 4.78 is 102. The smallest absolute Gasteiger partial charge is 0.238 e. The molecule has 0 radical (unpaired) electrons. The van der Waals surface area contributed by atoms with E-state index in [1.807, 2.05) is 91.0 Å². The Bertz CT molecular complexity index is 4100. The minimum Gasteiger partial charge on any atom is -0.456 e. The molecule has 266 valence electrons. The molecule has 6 nitrogen and oxygen atoms in total. The highest BCUT2D eigenvalue weighted by atomic mass is 16.3. The molecule has 0 amide bonds. The zero-order chi connectivity index (χ0) is 46.2. The summed E-state index contributed by atoms with van der Waals surface area (Å²) in [6.07, 6.45) is 0. The summed E-state index contributed by atoms with van der Waals surface area (Å²) in [5, 5.41) is 1.71. The topological polar surface area (TPSA) is 61.7 Å². The van der Waals surface area contributed by atoms with Gasteiger partial charge in [0.15, 0.2) is 11.6 Å². The lowest BCUT2D eigenvalue weighted by Gasteiger charge is -2.11. The monoisotopic (exact) mass is 739 g/mol. The van der Waals surface area contributed by atoms with E-state index >= 15 is 0 Å². The van der Waals surface area contributed by atoms with Gasteiger partial charge >= 0.3 is 0 Å². The molecule has 0 aliphatic heterocycles. The molecule has 12 aromatic rings. The first kappa shape index (κ1) is 23.2. The van der Waals surface area contributed by atoms with E-state index in [9.17, 15) is 5.48 Å². The van der Waals surface area contributed by atoms with Crippen LogP contribution in [0.5, 0.6) is 0 Å². The number of nitrogens with zero attached hydrogens (tertiary/aromatic N) is 5. The summed E-state index contributed by atoms with van der Waals surface area (Å²) in [6, 6.07) is 35.1. The maximum absolute atomic E-state index is 10.2. The molecule has 8 aromatic carbocycles. The fourth-order valence-electron chi connectivity index (χ4n) is 7.88. The predicted octanol–water partition coefficient (Wildman–Crippen LogP) is 13.0. The van der Waals surface area contributed by atoms with Crippen LogP contribution < -0.4 is 0 Å². The van der Waals surface area contributed by atoms with Crippen molar-refractivity contribution in [3.05, 3.63) is 188 Å². The Hall–Kier alpha value is -7.83. The van der Waals surface area contributed by atoms with Crippen molar-refractivity contribution in [2.24, 2.45) is 0 Å². The van der Waals surface area contributed by atoms with Crippen molar-refractivity contribution in [3.8, 4) is 45.5 Å². The lowest BCUT2D eigenvalue weighted by molar-refractivity contribution is 0.669. The summed E-state index contributed by atoms with van der Waals surface area (Å²) in [5.74, 6) is 0.295. The van der Waals surface area contributed by atoms with Gasteiger partial charge in [0.1, 0.15) is 11.2 Å². The Morgan fingerprint density at radius 2 is 1.05 bits per heavy atom. The average molecular weight is 740 g/mol. The van der Waals surface area contributed by atoms with Gasteiger partial charge in [0.25, 0.3) is 0 Å². The van der Waals surface area contributed by atoms with Gasteiger partial charge in [-0.1, -0.05) is 133 Å². The molecule has 0 N–H and O–H groups in total. The quantitative estimate of drug-likeness (QED) is 0.176. The molecule has 0 unspecified atom stereocenters. The predicted molar refractivity (Wildman–Crippen MR) is 232 cm³/mol. The first-order valence-electron chi connectivity index (χ1n) is 23.3. The van der Waals surface area contributed by atoms with Gasteiger partial charge in [-0.05, 0) is 65.6 Å². The maximum Gasteiger partial charge on any atom is 0.238 e. The number of fused-ring (bicyclic) bond motifs is 9. The van der Waals surface area contributed by atoms with Gasteiger partial charge in [-0.15, -0.1) is 0 Å². The number of benzene rings is 8. The van der Waals surface area contributed by atoms with E-state index in [-0.39, 0.29) is 79.3 Å². The highest BCUT2D eigenvalue weighted by Gasteiger charge is 2.22. The van der Waals surface area contributed by atoms with Gasteiger partial charge in [-0.25, -0.2) is 4.98 Å². The molecule has 0 aliphatic rings. The molecule has 0 bridgehead atoms. The molecule has 6 heteroatoms. The molecule has 0 spiro atoms. The summed E-state index contributed by atoms with van der Waals surface area (Å²) in [5.41, 5.74) is 4.89. The van der Waals surface area contributed by atoms with E-state index in [0.717, 1.165) is 21.9 Å². The molecular formula is C51H31N5O. The van der Waals surface area contributed by atoms with Crippen molar-refractivity contribution in [3.63, 3.8) is 0 Å². The van der Waals surface area contributed by atoms with Crippen LogP contribution >= 0.6 is 0 Å². The third-order valence-corrected chi connectivity index (χ3v) is 10.4. The molecule has 57 heavy (non-hydrogen) atoms. The van der Waals surface area contributed by atoms with Crippen LogP contribution in [-0.2, 0) is 0 Å². The summed E-state index contributed by atoms with van der Waals surface area (Å²) >= 11 is 0. The van der Waals surface area contributed by atoms with E-state index in [4.69, 9.17) is 27.6 Å².